The van der Waals surface area contributed by atoms with Gasteiger partial charge >= 0.3 is 0 Å². The fourth-order valence-electron chi connectivity index (χ4n) is 1.74. The van der Waals surface area contributed by atoms with Crippen LogP contribution in [0.15, 0.2) is 48.7 Å². The number of benzene rings is 1. The van der Waals surface area contributed by atoms with Gasteiger partial charge in [0, 0.05) is 18.3 Å². The van der Waals surface area contributed by atoms with Crippen molar-refractivity contribution in [2.75, 3.05) is 6.54 Å². The van der Waals surface area contributed by atoms with E-state index in [1.54, 1.807) is 0 Å². The van der Waals surface area contributed by atoms with Crippen LogP contribution in [0.2, 0.25) is 0 Å². The molecule has 0 saturated heterocycles. The zero-order chi connectivity index (χ0) is 12.8. The highest BCUT2D eigenvalue weighted by Gasteiger charge is 2.04. The maximum absolute atomic E-state index is 5.64. The molecule has 0 aliphatic rings. The number of aromatic nitrogens is 1. The zero-order valence-corrected chi connectivity index (χ0v) is 10.8. The first-order valence-electron chi connectivity index (χ1n) is 6.22. The lowest BCUT2D eigenvalue weighted by Gasteiger charge is -2.12. The molecular formula is C15H18N2O. The average molecular weight is 242 g/mol. The van der Waals surface area contributed by atoms with Gasteiger partial charge in [-0.3, -0.25) is 0 Å². The van der Waals surface area contributed by atoms with Crippen LogP contribution in [-0.2, 0) is 0 Å². The normalized spacial score (nSPS) is 12.1. The molecule has 0 bridgehead atoms. The second kappa shape index (κ2) is 6.17. The lowest BCUT2D eigenvalue weighted by atomic mass is 10.1. The van der Waals surface area contributed by atoms with Gasteiger partial charge in [0.15, 0.2) is 0 Å². The SMILES string of the molecule is CCNC(C)c1ccc(Oc2ccccc2)nc1. The van der Waals surface area contributed by atoms with E-state index >= 15 is 0 Å². The molecule has 3 nitrogen and oxygen atoms in total. The molecule has 3 heteroatoms. The van der Waals surface area contributed by atoms with E-state index in [1.807, 2.05) is 48.7 Å². The molecule has 2 rings (SSSR count). The van der Waals surface area contributed by atoms with Crippen molar-refractivity contribution in [3.63, 3.8) is 0 Å². The Morgan fingerprint density at radius 2 is 1.94 bits per heavy atom. The van der Waals surface area contributed by atoms with Crippen LogP contribution in [0.3, 0.4) is 0 Å². The Morgan fingerprint density at radius 3 is 2.56 bits per heavy atom. The molecule has 0 spiro atoms. The highest BCUT2D eigenvalue weighted by molar-refractivity contribution is 5.28. The Bertz CT molecular complexity index is 468. The lowest BCUT2D eigenvalue weighted by molar-refractivity contribution is 0.461. The maximum atomic E-state index is 5.64. The zero-order valence-electron chi connectivity index (χ0n) is 10.8. The second-order valence-electron chi connectivity index (χ2n) is 4.12. The summed E-state index contributed by atoms with van der Waals surface area (Å²) in [7, 11) is 0. The highest BCUT2D eigenvalue weighted by atomic mass is 16.5. The molecule has 1 N–H and O–H groups in total. The minimum absolute atomic E-state index is 0.313. The number of ether oxygens (including phenoxy) is 1. The Morgan fingerprint density at radius 1 is 1.17 bits per heavy atom. The maximum Gasteiger partial charge on any atom is 0.219 e. The predicted octanol–water partition coefficient (Wildman–Crippen LogP) is 3.54. The van der Waals surface area contributed by atoms with Gasteiger partial charge in [0.25, 0.3) is 0 Å². The molecule has 0 fully saturated rings. The molecular weight excluding hydrogens is 224 g/mol. The summed E-state index contributed by atoms with van der Waals surface area (Å²) >= 11 is 0. The van der Waals surface area contributed by atoms with Gasteiger partial charge in [-0.2, -0.15) is 0 Å². The van der Waals surface area contributed by atoms with Gasteiger partial charge in [0.2, 0.25) is 5.88 Å². The Labute approximate surface area is 108 Å². The topological polar surface area (TPSA) is 34.1 Å². The molecule has 0 aliphatic carbocycles. The van der Waals surface area contributed by atoms with Crippen LogP contribution in [0.25, 0.3) is 0 Å². The average Bonchev–Trinajstić information content (AvgIpc) is 2.41. The largest absolute Gasteiger partial charge is 0.439 e. The lowest BCUT2D eigenvalue weighted by Crippen LogP contribution is -2.17. The number of hydrogen-bond donors (Lipinski definition) is 1. The van der Waals surface area contributed by atoms with Crippen molar-refractivity contribution in [1.29, 1.82) is 0 Å². The molecule has 1 heterocycles. The Balaban J connectivity index is 2.04. The Hall–Kier alpha value is -1.87. The molecule has 1 aromatic carbocycles. The molecule has 0 amide bonds. The third-order valence-corrected chi connectivity index (χ3v) is 2.74. The smallest absolute Gasteiger partial charge is 0.219 e. The van der Waals surface area contributed by atoms with Gasteiger partial charge in [-0.05, 0) is 31.2 Å². The van der Waals surface area contributed by atoms with Gasteiger partial charge < -0.3 is 10.1 Å². The first-order chi connectivity index (χ1) is 8.79. The van der Waals surface area contributed by atoms with E-state index in [4.69, 9.17) is 4.74 Å². The van der Waals surface area contributed by atoms with Crippen LogP contribution in [-0.4, -0.2) is 11.5 Å². The van der Waals surface area contributed by atoms with Gasteiger partial charge in [-0.25, -0.2) is 4.98 Å². The standard InChI is InChI=1S/C15H18N2O/c1-3-16-12(2)13-9-10-15(17-11-13)18-14-7-5-4-6-8-14/h4-12,16H,3H2,1-2H3. The summed E-state index contributed by atoms with van der Waals surface area (Å²) in [6.45, 7) is 5.17. The van der Waals surface area contributed by atoms with Crippen molar-refractivity contribution < 1.29 is 4.74 Å². The van der Waals surface area contributed by atoms with Gasteiger partial charge in [-0.15, -0.1) is 0 Å². The minimum atomic E-state index is 0.313. The van der Waals surface area contributed by atoms with E-state index in [1.165, 1.54) is 0 Å². The number of nitrogens with one attached hydrogen (secondary N) is 1. The third kappa shape index (κ3) is 3.31. The molecule has 2 aromatic rings. The summed E-state index contributed by atoms with van der Waals surface area (Å²) in [5.41, 5.74) is 1.16. The minimum Gasteiger partial charge on any atom is -0.439 e. The van der Waals surface area contributed by atoms with Crippen LogP contribution in [0.1, 0.15) is 25.5 Å². The van der Waals surface area contributed by atoms with Crippen molar-refractivity contribution in [2.24, 2.45) is 0 Å². The van der Waals surface area contributed by atoms with E-state index < -0.39 is 0 Å². The van der Waals surface area contributed by atoms with Crippen molar-refractivity contribution in [3.8, 4) is 11.6 Å². The molecule has 0 aliphatic heterocycles. The molecule has 1 unspecified atom stereocenters. The monoisotopic (exact) mass is 242 g/mol. The van der Waals surface area contributed by atoms with Gasteiger partial charge in [0.05, 0.1) is 0 Å². The molecule has 0 radical (unpaired) electrons. The summed E-state index contributed by atoms with van der Waals surface area (Å²) < 4.78 is 5.64. The van der Waals surface area contributed by atoms with E-state index in [2.05, 4.69) is 24.1 Å². The highest BCUT2D eigenvalue weighted by Crippen LogP contribution is 2.20. The fourth-order valence-corrected chi connectivity index (χ4v) is 1.74. The molecule has 18 heavy (non-hydrogen) atoms. The summed E-state index contributed by atoms with van der Waals surface area (Å²) in [6.07, 6.45) is 1.85. The molecule has 94 valence electrons. The summed E-state index contributed by atoms with van der Waals surface area (Å²) in [5.74, 6) is 1.42. The summed E-state index contributed by atoms with van der Waals surface area (Å²) in [6, 6.07) is 13.9. The van der Waals surface area contributed by atoms with Crippen LogP contribution in [0.4, 0.5) is 0 Å². The number of rotatable bonds is 5. The third-order valence-electron chi connectivity index (χ3n) is 2.74. The number of hydrogen-bond acceptors (Lipinski definition) is 3. The van der Waals surface area contributed by atoms with Crippen LogP contribution >= 0.6 is 0 Å². The van der Waals surface area contributed by atoms with Gasteiger partial charge in [0.1, 0.15) is 5.75 Å². The molecule has 1 atom stereocenters. The fraction of sp³-hybridized carbons (Fsp3) is 0.267. The van der Waals surface area contributed by atoms with Crippen molar-refractivity contribution >= 4 is 0 Å². The van der Waals surface area contributed by atoms with Crippen molar-refractivity contribution in [2.45, 2.75) is 19.9 Å². The summed E-state index contributed by atoms with van der Waals surface area (Å²) in [4.78, 5) is 4.32. The first kappa shape index (κ1) is 12.6. The van der Waals surface area contributed by atoms with E-state index in [0.717, 1.165) is 17.9 Å². The Kier molecular flexibility index (Phi) is 4.31. The molecule has 0 saturated carbocycles. The first-order valence-corrected chi connectivity index (χ1v) is 6.22. The van der Waals surface area contributed by atoms with Gasteiger partial charge in [-0.1, -0.05) is 31.2 Å². The van der Waals surface area contributed by atoms with Crippen LogP contribution in [0.5, 0.6) is 11.6 Å². The molecule has 1 aromatic heterocycles. The van der Waals surface area contributed by atoms with Crippen molar-refractivity contribution in [3.05, 3.63) is 54.2 Å². The van der Waals surface area contributed by atoms with E-state index in [-0.39, 0.29) is 0 Å². The van der Waals surface area contributed by atoms with Crippen LogP contribution in [0, 0.1) is 0 Å². The number of pyridine rings is 1. The van der Waals surface area contributed by atoms with Crippen LogP contribution < -0.4 is 10.1 Å². The van der Waals surface area contributed by atoms with E-state index in [9.17, 15) is 0 Å². The predicted molar refractivity (Wildman–Crippen MR) is 72.8 cm³/mol. The van der Waals surface area contributed by atoms with Crippen molar-refractivity contribution in [1.82, 2.24) is 10.3 Å². The quantitative estimate of drug-likeness (QED) is 0.870. The number of para-hydroxylation sites is 1. The summed E-state index contributed by atoms with van der Waals surface area (Å²) in [5, 5.41) is 3.35. The number of nitrogens with zero attached hydrogens (tertiary/aromatic N) is 1. The second-order valence-corrected chi connectivity index (χ2v) is 4.12. The van der Waals surface area contributed by atoms with E-state index in [0.29, 0.717) is 11.9 Å².